The molecule has 0 bridgehead atoms. The summed E-state index contributed by atoms with van der Waals surface area (Å²) in [5, 5.41) is 13.8. The molecule has 0 aliphatic carbocycles. The smallest absolute Gasteiger partial charge is 0.200 e. The molecule has 0 saturated heterocycles. The van der Waals surface area contributed by atoms with E-state index in [-0.39, 0.29) is 6.23 Å². The van der Waals surface area contributed by atoms with E-state index in [1.807, 2.05) is 49.4 Å². The summed E-state index contributed by atoms with van der Waals surface area (Å²) < 4.78 is 5.96. The van der Waals surface area contributed by atoms with Crippen molar-refractivity contribution in [2.45, 2.75) is 13.2 Å². The highest BCUT2D eigenvalue weighted by molar-refractivity contribution is 5.99. The molecule has 0 saturated carbocycles. The maximum Gasteiger partial charge on any atom is 0.200 e. The van der Waals surface area contributed by atoms with Crippen LogP contribution >= 0.6 is 0 Å². The fourth-order valence-electron chi connectivity index (χ4n) is 2.73. The third kappa shape index (κ3) is 1.38. The summed E-state index contributed by atoms with van der Waals surface area (Å²) in [5.74, 6) is 1.04. The second-order valence-corrected chi connectivity index (χ2v) is 4.95. The maximum atomic E-state index is 10.5. The van der Waals surface area contributed by atoms with Crippen LogP contribution in [0.5, 0.6) is 5.75 Å². The number of hydrogen-bond acceptors (Lipinski definition) is 3. The number of para-hydroxylation sites is 1. The lowest BCUT2D eigenvalue weighted by Crippen LogP contribution is -2.26. The Balaban J connectivity index is 1.96. The van der Waals surface area contributed by atoms with Gasteiger partial charge in [0.2, 0.25) is 6.23 Å². The lowest BCUT2D eigenvalue weighted by molar-refractivity contribution is 0.279. The number of nitrogens with one attached hydrogen (secondary N) is 1. The lowest BCUT2D eigenvalue weighted by Gasteiger charge is -2.24. The normalized spacial score (nSPS) is 19.1. The van der Waals surface area contributed by atoms with E-state index in [0.29, 0.717) is 5.76 Å². The Morgan fingerprint density at radius 1 is 1.11 bits per heavy atom. The number of fused-ring (bicyclic) bond motifs is 4. The fraction of sp³-hybridized carbons (Fsp3) is 0.125. The Morgan fingerprint density at radius 3 is 2.84 bits per heavy atom. The molecule has 1 unspecified atom stereocenters. The van der Waals surface area contributed by atoms with Gasteiger partial charge in [0.05, 0.1) is 11.1 Å². The molecule has 94 valence electrons. The molecule has 0 spiro atoms. The molecule has 19 heavy (non-hydrogen) atoms. The average molecular weight is 251 g/mol. The van der Waals surface area contributed by atoms with E-state index in [1.165, 1.54) is 0 Å². The van der Waals surface area contributed by atoms with Crippen molar-refractivity contribution in [2.24, 2.45) is 0 Å². The molecule has 2 aliphatic rings. The van der Waals surface area contributed by atoms with Crippen LogP contribution in [0.2, 0.25) is 0 Å². The molecule has 0 amide bonds. The SMILES string of the molecule is Cc1ccc2c(c1)OC1Nc3ccccc3C1=C2O. The van der Waals surface area contributed by atoms with Gasteiger partial charge in [-0.15, -0.1) is 0 Å². The van der Waals surface area contributed by atoms with Gasteiger partial charge in [0.25, 0.3) is 0 Å². The predicted molar refractivity (Wildman–Crippen MR) is 75.1 cm³/mol. The van der Waals surface area contributed by atoms with Crippen molar-refractivity contribution in [3.8, 4) is 5.75 Å². The zero-order valence-electron chi connectivity index (χ0n) is 10.5. The minimum atomic E-state index is -0.299. The van der Waals surface area contributed by atoms with E-state index in [4.69, 9.17) is 4.74 Å². The molecule has 0 aromatic heterocycles. The molecule has 2 aromatic carbocycles. The molecule has 0 radical (unpaired) electrons. The van der Waals surface area contributed by atoms with E-state index in [1.54, 1.807) is 0 Å². The summed E-state index contributed by atoms with van der Waals surface area (Å²) in [4.78, 5) is 0. The minimum absolute atomic E-state index is 0.299. The molecule has 0 fully saturated rings. The van der Waals surface area contributed by atoms with Gasteiger partial charge in [0.15, 0.2) is 0 Å². The van der Waals surface area contributed by atoms with E-state index >= 15 is 0 Å². The van der Waals surface area contributed by atoms with E-state index in [0.717, 1.165) is 33.7 Å². The van der Waals surface area contributed by atoms with Crippen LogP contribution in [0, 0.1) is 6.92 Å². The first-order valence-corrected chi connectivity index (χ1v) is 6.31. The van der Waals surface area contributed by atoms with Gasteiger partial charge in [0, 0.05) is 11.3 Å². The topological polar surface area (TPSA) is 41.5 Å². The monoisotopic (exact) mass is 251 g/mol. The highest BCUT2D eigenvalue weighted by Crippen LogP contribution is 2.45. The van der Waals surface area contributed by atoms with E-state index in [9.17, 15) is 5.11 Å². The summed E-state index contributed by atoms with van der Waals surface area (Å²) >= 11 is 0. The molecule has 1 atom stereocenters. The zero-order chi connectivity index (χ0) is 13.0. The van der Waals surface area contributed by atoms with Crippen LogP contribution in [0.3, 0.4) is 0 Å². The minimum Gasteiger partial charge on any atom is -0.507 e. The number of aliphatic hydroxyl groups is 1. The molecule has 3 heteroatoms. The molecule has 2 heterocycles. The molecule has 4 rings (SSSR count). The molecule has 3 nitrogen and oxygen atoms in total. The van der Waals surface area contributed by atoms with Crippen molar-refractivity contribution in [1.82, 2.24) is 0 Å². The quantitative estimate of drug-likeness (QED) is 0.752. The second kappa shape index (κ2) is 3.54. The lowest BCUT2D eigenvalue weighted by atomic mass is 9.98. The number of hydrogen-bond donors (Lipinski definition) is 2. The number of aryl methyl sites for hydroxylation is 1. The molecule has 2 aromatic rings. The van der Waals surface area contributed by atoms with Gasteiger partial charge in [-0.3, -0.25) is 0 Å². The third-order valence-electron chi connectivity index (χ3n) is 3.66. The Bertz CT molecular complexity index is 718. The first-order chi connectivity index (χ1) is 9.24. The Hall–Kier alpha value is -2.42. The second-order valence-electron chi connectivity index (χ2n) is 4.95. The van der Waals surface area contributed by atoms with Gasteiger partial charge in [0.1, 0.15) is 11.5 Å². The highest BCUT2D eigenvalue weighted by atomic mass is 16.5. The van der Waals surface area contributed by atoms with Crippen LogP contribution in [-0.2, 0) is 0 Å². The van der Waals surface area contributed by atoms with Gasteiger partial charge in [-0.1, -0.05) is 24.3 Å². The largest absolute Gasteiger partial charge is 0.507 e. The molecule has 2 aliphatic heterocycles. The van der Waals surface area contributed by atoms with Crippen molar-refractivity contribution in [3.63, 3.8) is 0 Å². The first kappa shape index (κ1) is 10.5. The summed E-state index contributed by atoms with van der Waals surface area (Å²) in [5.41, 5.74) is 4.71. The van der Waals surface area contributed by atoms with Gasteiger partial charge >= 0.3 is 0 Å². The van der Waals surface area contributed by atoms with Crippen LogP contribution in [0.15, 0.2) is 42.5 Å². The van der Waals surface area contributed by atoms with E-state index < -0.39 is 0 Å². The molecular weight excluding hydrogens is 238 g/mol. The van der Waals surface area contributed by atoms with Crippen molar-refractivity contribution >= 4 is 17.0 Å². The zero-order valence-corrected chi connectivity index (χ0v) is 10.5. The van der Waals surface area contributed by atoms with Crippen molar-refractivity contribution in [1.29, 1.82) is 0 Å². The predicted octanol–water partition coefficient (Wildman–Crippen LogP) is 3.57. The number of rotatable bonds is 0. The number of aliphatic hydroxyl groups excluding tert-OH is 1. The van der Waals surface area contributed by atoms with Crippen LogP contribution in [0.1, 0.15) is 16.7 Å². The van der Waals surface area contributed by atoms with Crippen LogP contribution in [0.4, 0.5) is 5.69 Å². The molecule has 2 N–H and O–H groups in total. The van der Waals surface area contributed by atoms with Gasteiger partial charge in [-0.25, -0.2) is 0 Å². The van der Waals surface area contributed by atoms with Gasteiger partial charge in [-0.05, 0) is 30.7 Å². The van der Waals surface area contributed by atoms with Crippen LogP contribution in [0.25, 0.3) is 11.3 Å². The van der Waals surface area contributed by atoms with Crippen molar-refractivity contribution < 1.29 is 9.84 Å². The fourth-order valence-corrected chi connectivity index (χ4v) is 2.73. The summed E-state index contributed by atoms with van der Waals surface area (Å²) in [6.07, 6.45) is -0.299. The van der Waals surface area contributed by atoms with Crippen molar-refractivity contribution in [2.75, 3.05) is 5.32 Å². The van der Waals surface area contributed by atoms with Gasteiger partial charge in [-0.2, -0.15) is 0 Å². The van der Waals surface area contributed by atoms with Gasteiger partial charge < -0.3 is 15.2 Å². The number of benzene rings is 2. The molecular formula is C16H13NO2. The van der Waals surface area contributed by atoms with Crippen molar-refractivity contribution in [3.05, 3.63) is 59.2 Å². The first-order valence-electron chi connectivity index (χ1n) is 6.31. The third-order valence-corrected chi connectivity index (χ3v) is 3.66. The van der Waals surface area contributed by atoms with Crippen LogP contribution in [-0.4, -0.2) is 11.3 Å². The summed E-state index contributed by atoms with van der Waals surface area (Å²) in [7, 11) is 0. The summed E-state index contributed by atoms with van der Waals surface area (Å²) in [6, 6.07) is 13.8. The Labute approximate surface area is 111 Å². The standard InChI is InChI=1S/C16H13NO2/c1-9-6-7-11-13(8-9)19-16-14(15(11)18)10-4-2-3-5-12(10)17-16/h2-8,16-18H,1H3. The Kier molecular flexibility index (Phi) is 1.96. The average Bonchev–Trinajstić information content (AvgIpc) is 2.76. The summed E-state index contributed by atoms with van der Waals surface area (Å²) in [6.45, 7) is 2.01. The van der Waals surface area contributed by atoms with Crippen LogP contribution < -0.4 is 10.1 Å². The maximum absolute atomic E-state index is 10.5. The van der Waals surface area contributed by atoms with E-state index in [2.05, 4.69) is 5.32 Å². The Morgan fingerprint density at radius 2 is 1.95 bits per heavy atom. The number of anilines is 1. The number of ether oxygens (including phenoxy) is 1. The highest BCUT2D eigenvalue weighted by Gasteiger charge is 2.35.